The zero-order chi connectivity index (χ0) is 12.7. The van der Waals surface area contributed by atoms with Gasteiger partial charge >= 0.3 is 8.80 Å². The Labute approximate surface area is 116 Å². The van der Waals surface area contributed by atoms with Crippen molar-refractivity contribution in [2.24, 2.45) is 0 Å². The van der Waals surface area contributed by atoms with E-state index < -0.39 is 12.2 Å². The van der Waals surface area contributed by atoms with Crippen molar-refractivity contribution in [1.29, 1.82) is 0 Å². The average Bonchev–Trinajstić information content (AvgIpc) is 2.15. The van der Waals surface area contributed by atoms with E-state index in [2.05, 4.69) is 37.9 Å². The second-order valence-corrected chi connectivity index (χ2v) is 9.34. The first-order valence-corrected chi connectivity index (χ1v) is 8.75. The second kappa shape index (κ2) is 8.28. The van der Waals surface area contributed by atoms with E-state index in [1.165, 1.54) is 0 Å². The van der Waals surface area contributed by atoms with Gasteiger partial charge in [0, 0.05) is 25.9 Å². The zero-order valence-corrected chi connectivity index (χ0v) is 13.8. The van der Waals surface area contributed by atoms with Crippen LogP contribution in [0, 0.1) is 0 Å². The molecule has 0 spiro atoms. The minimum atomic E-state index is -2.55. The summed E-state index contributed by atoms with van der Waals surface area (Å²) in [6, 6.07) is 0.680. The molecule has 3 nitrogen and oxygen atoms in total. The Morgan fingerprint density at radius 1 is 0.875 bits per heavy atom. The van der Waals surface area contributed by atoms with Crippen LogP contribution in [0.15, 0.2) is 0 Å². The number of hydrogen-bond donors (Lipinski definition) is 3. The first-order valence-electron chi connectivity index (χ1n) is 5.48. The van der Waals surface area contributed by atoms with Crippen LogP contribution in [-0.4, -0.2) is 32.0 Å². The lowest BCUT2D eigenvalue weighted by Crippen LogP contribution is -2.46. The Morgan fingerprint density at radius 2 is 1.25 bits per heavy atom. The molecule has 0 aliphatic rings. The predicted octanol–water partition coefficient (Wildman–Crippen LogP) is 2.87. The largest absolute Gasteiger partial charge is 0.501 e. The molecule has 0 rings (SSSR count). The van der Waals surface area contributed by atoms with Crippen molar-refractivity contribution in [2.75, 3.05) is 19.8 Å². The summed E-state index contributed by atoms with van der Waals surface area (Å²) in [5.41, 5.74) is 0. The van der Waals surface area contributed by atoms with Gasteiger partial charge in [-0.2, -0.15) is 37.9 Å². The maximum atomic E-state index is 5.70. The molecule has 7 heteroatoms. The third-order valence-electron chi connectivity index (χ3n) is 1.86. The van der Waals surface area contributed by atoms with E-state index in [-0.39, 0.29) is 0 Å². The van der Waals surface area contributed by atoms with Crippen molar-refractivity contribution in [1.82, 2.24) is 0 Å². The Hall–Kier alpha value is 1.15. The molecule has 0 aliphatic carbocycles. The van der Waals surface area contributed by atoms with Gasteiger partial charge in [-0.1, -0.05) is 0 Å². The van der Waals surface area contributed by atoms with E-state index in [0.717, 1.165) is 0 Å². The first kappa shape index (κ1) is 17.1. The van der Waals surface area contributed by atoms with E-state index in [0.29, 0.717) is 32.3 Å². The fourth-order valence-corrected chi connectivity index (χ4v) is 4.97. The second-order valence-electron chi connectivity index (χ2n) is 3.26. The van der Waals surface area contributed by atoms with Crippen LogP contribution in [0.2, 0.25) is 6.04 Å². The quantitative estimate of drug-likeness (QED) is 0.347. The van der Waals surface area contributed by atoms with Crippen LogP contribution >= 0.6 is 37.9 Å². The molecule has 0 aliphatic heterocycles. The lowest BCUT2D eigenvalue weighted by molar-refractivity contribution is 0.0710. The molecule has 0 saturated heterocycles. The van der Waals surface area contributed by atoms with Crippen LogP contribution < -0.4 is 0 Å². The Morgan fingerprint density at radius 3 is 1.50 bits per heavy atom. The number of hydrogen-bond acceptors (Lipinski definition) is 6. The van der Waals surface area contributed by atoms with Gasteiger partial charge in [0.05, 0.1) is 3.41 Å². The molecule has 0 amide bonds. The molecule has 0 heterocycles. The minimum Gasteiger partial charge on any atom is -0.374 e. The van der Waals surface area contributed by atoms with E-state index in [9.17, 15) is 0 Å². The third kappa shape index (κ3) is 7.47. The van der Waals surface area contributed by atoms with Gasteiger partial charge in [0.2, 0.25) is 0 Å². The lowest BCUT2D eigenvalue weighted by Gasteiger charge is -2.30. The molecule has 0 aromatic carbocycles. The van der Waals surface area contributed by atoms with Gasteiger partial charge in [-0.3, -0.25) is 0 Å². The molecular weight excluding hydrogens is 280 g/mol. The van der Waals surface area contributed by atoms with Gasteiger partial charge in [-0.05, 0) is 27.2 Å². The fraction of sp³-hybridized carbons (Fsp3) is 1.00. The molecular formula is C9H22O3S3Si. The summed E-state index contributed by atoms with van der Waals surface area (Å²) in [6.45, 7) is 7.58. The van der Waals surface area contributed by atoms with Crippen LogP contribution in [0.4, 0.5) is 0 Å². The minimum absolute atomic E-state index is 0.588. The van der Waals surface area contributed by atoms with E-state index in [1.807, 2.05) is 20.8 Å². The lowest BCUT2D eigenvalue weighted by atomic mass is 10.5. The van der Waals surface area contributed by atoms with E-state index in [4.69, 9.17) is 13.3 Å². The maximum absolute atomic E-state index is 5.70. The van der Waals surface area contributed by atoms with E-state index in [1.54, 1.807) is 0 Å². The normalized spacial score (nSPS) is 13.1. The molecule has 16 heavy (non-hydrogen) atoms. The maximum Gasteiger partial charge on any atom is 0.501 e. The molecule has 0 saturated carbocycles. The van der Waals surface area contributed by atoms with Crippen LogP contribution in [-0.2, 0) is 13.3 Å². The molecule has 0 unspecified atom stereocenters. The highest BCUT2D eigenvalue weighted by atomic mass is 32.2. The summed E-state index contributed by atoms with van der Waals surface area (Å²) in [5, 5.41) is 0. The zero-order valence-electron chi connectivity index (χ0n) is 10.1. The van der Waals surface area contributed by atoms with Crippen molar-refractivity contribution < 1.29 is 13.3 Å². The Bertz CT molecular complexity index is 170. The highest BCUT2D eigenvalue weighted by Crippen LogP contribution is 2.33. The molecule has 0 radical (unpaired) electrons. The van der Waals surface area contributed by atoms with Gasteiger partial charge in [0.25, 0.3) is 0 Å². The Kier molecular flexibility index (Phi) is 8.88. The Balaban J connectivity index is 4.46. The molecule has 0 N–H and O–H groups in total. The third-order valence-corrected chi connectivity index (χ3v) is 5.58. The first-order chi connectivity index (χ1) is 7.39. The topological polar surface area (TPSA) is 27.7 Å². The standard InChI is InChI=1S/C9H22O3S3Si/c1-4-10-16(11-5-2,12-6-3)8-7-9(13,14)15/h13-15H,4-8H2,1-3H3. The monoisotopic (exact) mass is 302 g/mol. The van der Waals surface area contributed by atoms with Crippen molar-refractivity contribution >= 4 is 46.7 Å². The number of rotatable bonds is 9. The molecule has 0 aromatic heterocycles. The molecule has 98 valence electrons. The summed E-state index contributed by atoms with van der Waals surface area (Å²) in [4.78, 5) is 0. The highest BCUT2D eigenvalue weighted by molar-refractivity contribution is 8.16. The van der Waals surface area contributed by atoms with Gasteiger partial charge < -0.3 is 13.3 Å². The summed E-state index contributed by atoms with van der Waals surface area (Å²) >= 11 is 12.8. The van der Waals surface area contributed by atoms with Gasteiger partial charge in [-0.15, -0.1) is 0 Å². The van der Waals surface area contributed by atoms with Gasteiger partial charge in [0.15, 0.2) is 0 Å². The van der Waals surface area contributed by atoms with Crippen LogP contribution in [0.3, 0.4) is 0 Å². The van der Waals surface area contributed by atoms with Crippen molar-refractivity contribution in [3.8, 4) is 0 Å². The van der Waals surface area contributed by atoms with Crippen molar-refractivity contribution in [3.63, 3.8) is 0 Å². The summed E-state index contributed by atoms with van der Waals surface area (Å²) in [6.07, 6.45) is 0.661. The fourth-order valence-electron chi connectivity index (χ4n) is 1.32. The van der Waals surface area contributed by atoms with Crippen LogP contribution in [0.25, 0.3) is 0 Å². The predicted molar refractivity (Wildman–Crippen MR) is 79.7 cm³/mol. The SMILES string of the molecule is CCO[Si](CCC(S)(S)S)(OCC)OCC. The van der Waals surface area contributed by atoms with Gasteiger partial charge in [-0.25, -0.2) is 0 Å². The van der Waals surface area contributed by atoms with E-state index >= 15 is 0 Å². The molecule has 0 fully saturated rings. The van der Waals surface area contributed by atoms with Gasteiger partial charge in [0.1, 0.15) is 0 Å². The van der Waals surface area contributed by atoms with Crippen molar-refractivity contribution in [3.05, 3.63) is 0 Å². The summed E-state index contributed by atoms with van der Waals surface area (Å²) in [7, 11) is -2.55. The molecule has 0 atom stereocenters. The summed E-state index contributed by atoms with van der Waals surface area (Å²) in [5.74, 6) is 0. The number of thiol groups is 3. The molecule has 0 bridgehead atoms. The van der Waals surface area contributed by atoms with Crippen LogP contribution in [0.5, 0.6) is 0 Å². The summed E-state index contributed by atoms with van der Waals surface area (Å²) < 4.78 is 16.5. The average molecular weight is 303 g/mol. The highest BCUT2D eigenvalue weighted by Gasteiger charge is 2.41. The molecule has 0 aromatic rings. The van der Waals surface area contributed by atoms with Crippen LogP contribution in [0.1, 0.15) is 27.2 Å². The smallest absolute Gasteiger partial charge is 0.374 e. The van der Waals surface area contributed by atoms with Crippen molar-refractivity contribution in [2.45, 2.75) is 36.6 Å².